The normalized spacial score (nSPS) is 19.8. The molecule has 7 nitrogen and oxygen atoms in total. The summed E-state index contributed by atoms with van der Waals surface area (Å²) in [4.78, 5) is 6.84. The van der Waals surface area contributed by atoms with E-state index in [0.717, 1.165) is 29.9 Å². The molecule has 172 valence electrons. The van der Waals surface area contributed by atoms with Gasteiger partial charge in [0.2, 0.25) is 10.0 Å². The van der Waals surface area contributed by atoms with Gasteiger partial charge in [-0.1, -0.05) is 31.9 Å². The topological polar surface area (TPSA) is 83.0 Å². The third kappa shape index (κ3) is 8.68. The van der Waals surface area contributed by atoms with E-state index in [4.69, 9.17) is 4.74 Å². The standard InChI is InChI=1S/C21H36N4O3S.HI/c1-17-5-7-19(8-6-17)16-25(3)21(22-2)23-15-18-9-11-20(12-10-18)29(26,27)24-13-14-28-4;/h9-12,17,19,24H,5-8,13-16H2,1-4H3,(H,22,23);1H. The monoisotopic (exact) mass is 552 g/mol. The maximum Gasteiger partial charge on any atom is 0.240 e. The molecule has 0 heterocycles. The van der Waals surface area contributed by atoms with E-state index in [1.165, 1.54) is 32.8 Å². The summed E-state index contributed by atoms with van der Waals surface area (Å²) in [7, 11) is 1.91. The van der Waals surface area contributed by atoms with E-state index in [-0.39, 0.29) is 35.4 Å². The highest BCUT2D eigenvalue weighted by Crippen LogP contribution is 2.28. The lowest BCUT2D eigenvalue weighted by Crippen LogP contribution is -2.41. The van der Waals surface area contributed by atoms with Crippen LogP contribution in [-0.2, 0) is 21.3 Å². The fourth-order valence-electron chi connectivity index (χ4n) is 3.70. The quantitative estimate of drug-likeness (QED) is 0.213. The second-order valence-electron chi connectivity index (χ2n) is 7.94. The number of nitrogens with one attached hydrogen (secondary N) is 2. The number of halogens is 1. The van der Waals surface area contributed by atoms with Crippen molar-refractivity contribution in [2.75, 3.05) is 40.9 Å². The number of aliphatic imine (C=N–C) groups is 1. The molecule has 0 aliphatic heterocycles. The minimum absolute atomic E-state index is 0. The first-order valence-electron chi connectivity index (χ1n) is 10.3. The summed E-state index contributed by atoms with van der Waals surface area (Å²) in [5.41, 5.74) is 1.00. The van der Waals surface area contributed by atoms with Crippen LogP contribution in [0.15, 0.2) is 34.2 Å². The van der Waals surface area contributed by atoms with Crippen LogP contribution in [0.4, 0.5) is 0 Å². The van der Waals surface area contributed by atoms with E-state index in [9.17, 15) is 8.42 Å². The highest BCUT2D eigenvalue weighted by atomic mass is 127. The molecule has 1 aliphatic rings. The highest BCUT2D eigenvalue weighted by Gasteiger charge is 2.20. The van der Waals surface area contributed by atoms with Gasteiger partial charge in [-0.15, -0.1) is 24.0 Å². The van der Waals surface area contributed by atoms with Crippen molar-refractivity contribution < 1.29 is 13.2 Å². The van der Waals surface area contributed by atoms with Gasteiger partial charge in [-0.05, 0) is 42.4 Å². The minimum Gasteiger partial charge on any atom is -0.383 e. The predicted molar refractivity (Wildman–Crippen MR) is 133 cm³/mol. The third-order valence-corrected chi connectivity index (χ3v) is 7.00. The van der Waals surface area contributed by atoms with Crippen LogP contribution in [0, 0.1) is 11.8 Å². The van der Waals surface area contributed by atoms with E-state index in [1.54, 1.807) is 19.2 Å². The molecule has 0 unspecified atom stereocenters. The van der Waals surface area contributed by atoms with Gasteiger partial charge in [-0.2, -0.15) is 0 Å². The number of methoxy groups -OCH3 is 1. The second-order valence-corrected chi connectivity index (χ2v) is 9.71. The van der Waals surface area contributed by atoms with Gasteiger partial charge in [0.15, 0.2) is 5.96 Å². The molecular weight excluding hydrogens is 515 g/mol. The Morgan fingerprint density at radius 2 is 1.83 bits per heavy atom. The van der Waals surface area contributed by atoms with Crippen molar-refractivity contribution in [1.29, 1.82) is 0 Å². The summed E-state index contributed by atoms with van der Waals surface area (Å²) in [6.45, 7) is 4.54. The van der Waals surface area contributed by atoms with Gasteiger partial charge < -0.3 is 15.0 Å². The van der Waals surface area contributed by atoms with Gasteiger partial charge in [0.25, 0.3) is 0 Å². The van der Waals surface area contributed by atoms with Gasteiger partial charge in [-0.3, -0.25) is 4.99 Å². The van der Waals surface area contributed by atoms with E-state index in [1.807, 2.05) is 12.1 Å². The maximum absolute atomic E-state index is 12.2. The highest BCUT2D eigenvalue weighted by molar-refractivity contribution is 14.0. The number of hydrogen-bond acceptors (Lipinski definition) is 4. The number of guanidine groups is 1. The van der Waals surface area contributed by atoms with Crippen LogP contribution in [-0.4, -0.2) is 60.2 Å². The summed E-state index contributed by atoms with van der Waals surface area (Å²) in [6, 6.07) is 6.91. The number of benzene rings is 1. The van der Waals surface area contributed by atoms with Crippen LogP contribution in [0.25, 0.3) is 0 Å². The van der Waals surface area contributed by atoms with Crippen LogP contribution < -0.4 is 10.0 Å². The minimum atomic E-state index is -3.50. The van der Waals surface area contributed by atoms with Crippen LogP contribution in [0.5, 0.6) is 0 Å². The zero-order chi connectivity index (χ0) is 21.3. The molecule has 1 fully saturated rings. The molecule has 1 aromatic carbocycles. The Morgan fingerprint density at radius 3 is 2.40 bits per heavy atom. The molecule has 2 N–H and O–H groups in total. The Bertz CT molecular complexity index is 748. The number of ether oxygens (including phenoxy) is 1. The SMILES string of the molecule is CN=C(NCc1ccc(S(=O)(=O)NCCOC)cc1)N(C)CC1CCC(C)CC1.I. The molecule has 2 rings (SSSR count). The first-order chi connectivity index (χ1) is 13.9. The number of rotatable bonds is 9. The number of sulfonamides is 1. The van der Waals surface area contributed by atoms with Crippen LogP contribution in [0.2, 0.25) is 0 Å². The first-order valence-corrected chi connectivity index (χ1v) is 11.8. The van der Waals surface area contributed by atoms with Crippen LogP contribution in [0.1, 0.15) is 38.2 Å². The average molecular weight is 553 g/mol. The lowest BCUT2D eigenvalue weighted by molar-refractivity contribution is 0.204. The van der Waals surface area contributed by atoms with Gasteiger partial charge in [0, 0.05) is 40.8 Å². The fourth-order valence-corrected chi connectivity index (χ4v) is 4.71. The van der Waals surface area contributed by atoms with Gasteiger partial charge in [0.1, 0.15) is 0 Å². The van der Waals surface area contributed by atoms with Crippen LogP contribution >= 0.6 is 24.0 Å². The Labute approximate surface area is 199 Å². The molecule has 0 aromatic heterocycles. The van der Waals surface area contributed by atoms with Crippen molar-refractivity contribution in [3.8, 4) is 0 Å². The van der Waals surface area contributed by atoms with Crippen molar-refractivity contribution in [2.45, 2.75) is 44.0 Å². The summed E-state index contributed by atoms with van der Waals surface area (Å²) in [5.74, 6) is 2.45. The molecule has 1 saturated carbocycles. The molecule has 1 aromatic rings. The third-order valence-electron chi connectivity index (χ3n) is 5.52. The van der Waals surface area contributed by atoms with Crippen LogP contribution in [0.3, 0.4) is 0 Å². The zero-order valence-corrected chi connectivity index (χ0v) is 21.7. The molecular formula is C21H37IN4O3S. The van der Waals surface area contributed by atoms with Crippen molar-refractivity contribution in [3.63, 3.8) is 0 Å². The zero-order valence-electron chi connectivity index (χ0n) is 18.6. The molecule has 0 spiro atoms. The molecule has 0 atom stereocenters. The van der Waals surface area contributed by atoms with Gasteiger partial charge >= 0.3 is 0 Å². The van der Waals surface area contributed by atoms with E-state index < -0.39 is 10.0 Å². The molecule has 0 amide bonds. The largest absolute Gasteiger partial charge is 0.383 e. The van der Waals surface area contributed by atoms with E-state index in [2.05, 4.69) is 33.9 Å². The van der Waals surface area contributed by atoms with Gasteiger partial charge in [0.05, 0.1) is 11.5 Å². The Morgan fingerprint density at radius 1 is 1.20 bits per heavy atom. The average Bonchev–Trinajstić information content (AvgIpc) is 2.70. The molecule has 0 radical (unpaired) electrons. The van der Waals surface area contributed by atoms with Crippen molar-refractivity contribution in [2.24, 2.45) is 16.8 Å². The molecule has 0 saturated heterocycles. The predicted octanol–water partition coefficient (Wildman–Crippen LogP) is 3.06. The summed E-state index contributed by atoms with van der Waals surface area (Å²) < 4.78 is 31.8. The van der Waals surface area contributed by atoms with E-state index in [0.29, 0.717) is 13.2 Å². The fraction of sp³-hybridized carbons (Fsp3) is 0.667. The smallest absolute Gasteiger partial charge is 0.240 e. The first kappa shape index (κ1) is 27.1. The maximum atomic E-state index is 12.2. The summed E-state index contributed by atoms with van der Waals surface area (Å²) >= 11 is 0. The Kier molecular flexibility index (Phi) is 12.2. The number of hydrogen-bond donors (Lipinski definition) is 2. The van der Waals surface area contributed by atoms with Crippen molar-refractivity contribution >= 4 is 40.0 Å². The summed E-state index contributed by atoms with van der Waals surface area (Å²) in [5, 5.41) is 3.38. The number of nitrogens with zero attached hydrogens (tertiary/aromatic N) is 2. The summed E-state index contributed by atoms with van der Waals surface area (Å²) in [6.07, 6.45) is 5.22. The second kappa shape index (κ2) is 13.5. The molecule has 9 heteroatoms. The van der Waals surface area contributed by atoms with E-state index >= 15 is 0 Å². The lowest BCUT2D eigenvalue weighted by Gasteiger charge is -2.31. The Balaban J connectivity index is 0.00000450. The molecule has 30 heavy (non-hydrogen) atoms. The van der Waals surface area contributed by atoms with Crippen molar-refractivity contribution in [1.82, 2.24) is 14.9 Å². The lowest BCUT2D eigenvalue weighted by atomic mass is 9.83. The Hall–Kier alpha value is -0.910. The molecule has 1 aliphatic carbocycles. The molecule has 0 bridgehead atoms. The van der Waals surface area contributed by atoms with Crippen molar-refractivity contribution in [3.05, 3.63) is 29.8 Å². The van der Waals surface area contributed by atoms with Gasteiger partial charge in [-0.25, -0.2) is 13.1 Å².